The number of thiazole rings is 2. The van der Waals surface area contributed by atoms with Crippen molar-refractivity contribution in [2.45, 2.75) is 170 Å². The van der Waals surface area contributed by atoms with Crippen LogP contribution in [0.25, 0.3) is 10.7 Å². The van der Waals surface area contributed by atoms with Gasteiger partial charge in [-0.3, -0.25) is 38.4 Å². The molecule has 2 aliphatic heterocycles. The number of hydrogen-bond acceptors (Lipinski definition) is 33. The fraction of sp³-hybridized carbons (Fsp3) is 0.621. The number of nitrogens with zero attached hydrogens (tertiary/aromatic N) is 5. The molecule has 19 atom stereocenters. The Hall–Kier alpha value is -8.22. The van der Waals surface area contributed by atoms with Crippen molar-refractivity contribution in [2.75, 3.05) is 58.2 Å². The first kappa shape index (κ1) is 81.7. The normalized spacial score (nSPS) is 23.3. The van der Waals surface area contributed by atoms with E-state index in [1.54, 1.807) is 10.8 Å². The topological polar surface area (TPSA) is 668 Å². The number of aromatic nitrogens is 6. The van der Waals surface area contributed by atoms with E-state index in [4.69, 9.17) is 52.4 Å². The van der Waals surface area contributed by atoms with Gasteiger partial charge < -0.3 is 141 Å². The van der Waals surface area contributed by atoms with E-state index in [1.165, 1.54) is 50.4 Å². The number of carbonyl (C=O) groups excluding carboxylic acids is 9. The number of nitrogens with one attached hydrogen (secondary N) is 9. The van der Waals surface area contributed by atoms with E-state index in [0.717, 1.165) is 31.9 Å². The average molecular weight is 1470 g/mol. The minimum absolute atomic E-state index is 0.0235. The number of hydrogen-bond donors (Lipinski definition) is 22. The molecule has 0 spiro atoms. The molecule has 560 valence electrons. The second-order valence-corrected chi connectivity index (χ2v) is 25.5. The third-order valence-corrected chi connectivity index (χ3v) is 17.9. The Bertz CT molecular complexity index is 3390. The number of aromatic amines is 1. The minimum Gasteiger partial charge on any atom is -0.441 e. The number of primary amides is 3. The van der Waals surface area contributed by atoms with E-state index < -0.39 is 183 Å². The van der Waals surface area contributed by atoms with Crippen molar-refractivity contribution in [1.82, 2.24) is 72.4 Å². The molecular formula is C58H89N19O22S2. The lowest BCUT2D eigenvalue weighted by Gasteiger charge is -2.47. The average Bonchev–Trinajstić information content (AvgIpc) is 1.48. The van der Waals surface area contributed by atoms with Gasteiger partial charge in [-0.25, -0.2) is 29.7 Å². The number of rotatable bonds is 41. The standard InChI is InChI=1S/C58H89N19O22S2/c1-23-36(74-49(77-47(23)61)28(14-34(60)82)69-15-27(59)48(62)88)53(92)76-38(44(29-16-66-21-70-29)97-57-46(42(86)40(84)32(17-78)96-57)98-56-43(87)45(99-58(63)94)41(85)33(18-79)95-56)54(93)71-25(3)39(83)24(2)50(89)75-37(26(4)81)52(91)68-13-8-35-72-31(20-100-35)55-73-30(19-101-55)51(90)67-12-7-11-64-9-5-6-10-65-22-80/h16,19-22,24-28,32-33,37-46,56-57,64,69,78-79,81,83-87H,5-15,17-18,59H2,1-4H3,(H2,60,82)(H2,62,88)(H2,63,94)(H,65,80)(H,66,70)(H,67,90)(H,68,91)(H,71,93)(H,75,89)(H,76,92)(H2,61,74,77)/t24-,25+,26+,27-,28-,32-,33+,37-,38-,39-,40+,41+,42-,43-,44-,45-,46-,56+,57-/m0/s1. The third kappa shape index (κ3) is 22.9. The van der Waals surface area contributed by atoms with Gasteiger partial charge in [0.1, 0.15) is 94.6 Å². The summed E-state index contributed by atoms with van der Waals surface area (Å²) in [6.07, 6.45) is -22.1. The summed E-state index contributed by atoms with van der Waals surface area (Å²) in [6, 6.07) is -7.89. The van der Waals surface area contributed by atoms with Crippen molar-refractivity contribution in [3.05, 3.63) is 56.8 Å². The second-order valence-electron chi connectivity index (χ2n) is 23.7. The quantitative estimate of drug-likeness (QED) is 0.0145. The third-order valence-electron chi connectivity index (χ3n) is 16.1. The number of aliphatic hydroxyl groups is 8. The van der Waals surface area contributed by atoms with Crippen molar-refractivity contribution < 1.29 is 108 Å². The summed E-state index contributed by atoms with van der Waals surface area (Å²) in [7, 11) is 0. The van der Waals surface area contributed by atoms with Crippen LogP contribution in [0.2, 0.25) is 0 Å². The number of nitrogens with two attached hydrogens (primary N) is 5. The molecule has 2 fully saturated rings. The van der Waals surface area contributed by atoms with Gasteiger partial charge >= 0.3 is 6.09 Å². The van der Waals surface area contributed by atoms with Crippen LogP contribution in [0.4, 0.5) is 10.6 Å². The Morgan fingerprint density at radius 1 is 0.752 bits per heavy atom. The molecule has 0 aliphatic carbocycles. The van der Waals surface area contributed by atoms with Crippen molar-refractivity contribution in [3.63, 3.8) is 0 Å². The lowest BCUT2D eigenvalue weighted by Crippen LogP contribution is -2.65. The molecule has 43 heteroatoms. The van der Waals surface area contributed by atoms with E-state index in [9.17, 15) is 79.2 Å². The summed E-state index contributed by atoms with van der Waals surface area (Å²) in [5, 5.41) is 114. The van der Waals surface area contributed by atoms with Crippen LogP contribution in [-0.2, 0) is 58.9 Å². The molecule has 0 bridgehead atoms. The van der Waals surface area contributed by atoms with Crippen LogP contribution in [0, 0.1) is 12.8 Å². The summed E-state index contributed by atoms with van der Waals surface area (Å²) >= 11 is 2.48. The van der Waals surface area contributed by atoms with Crippen molar-refractivity contribution in [2.24, 2.45) is 28.9 Å². The van der Waals surface area contributed by atoms with Crippen LogP contribution in [0.15, 0.2) is 23.3 Å². The van der Waals surface area contributed by atoms with E-state index >= 15 is 4.79 Å². The fourth-order valence-electron chi connectivity index (χ4n) is 10.3. The Balaban J connectivity index is 1.21. The highest BCUT2D eigenvalue weighted by molar-refractivity contribution is 7.14. The largest absolute Gasteiger partial charge is 0.441 e. The fourth-order valence-corrected chi connectivity index (χ4v) is 11.9. The van der Waals surface area contributed by atoms with Crippen molar-refractivity contribution in [3.8, 4) is 10.7 Å². The van der Waals surface area contributed by atoms with Gasteiger partial charge in [0, 0.05) is 55.3 Å². The molecule has 0 aromatic carbocycles. The smallest absolute Gasteiger partial charge is 0.404 e. The summed E-state index contributed by atoms with van der Waals surface area (Å²) in [6.45, 7) is 5.09. The van der Waals surface area contributed by atoms with Gasteiger partial charge in [-0.15, -0.1) is 22.7 Å². The summed E-state index contributed by atoms with van der Waals surface area (Å²) in [5.41, 5.74) is 28.0. The minimum atomic E-state index is -2.20. The summed E-state index contributed by atoms with van der Waals surface area (Å²) in [4.78, 5) is 141. The molecule has 41 nitrogen and oxygen atoms in total. The maximum Gasteiger partial charge on any atom is 0.404 e. The van der Waals surface area contributed by atoms with Crippen molar-refractivity contribution in [1.29, 1.82) is 0 Å². The molecule has 4 aromatic rings. The number of imidazole rings is 1. The van der Waals surface area contributed by atoms with E-state index in [2.05, 4.69) is 72.4 Å². The van der Waals surface area contributed by atoms with Crippen molar-refractivity contribution >= 4 is 82.3 Å². The molecule has 0 saturated carbocycles. The predicted octanol–water partition coefficient (Wildman–Crippen LogP) is -8.47. The zero-order valence-corrected chi connectivity index (χ0v) is 56.9. The SMILES string of the molecule is Cc1c(N)nc([C@H](CC(N)=O)NC[C@H](N)C(N)=O)nc1C(=O)N[C@H](C(=O)N[C@H](C)[C@@H](O)[C@H](C)C(=O)N[C@H](C(=O)NCCc1nc(-c2nc(C(=O)NCCCNCCCCNC=O)cs2)cs1)[C@@H](C)O)[C@@H](O[C@@H]1O[C@@H](CO)[C@@H](O)[C@H](O)[C@@H]1O[C@H]1O[C@H](CO)[C@@H](O)[C@H](OC(N)=O)[C@@H]1O)c1cnc[nH]1. The van der Waals surface area contributed by atoms with E-state index in [0.29, 0.717) is 48.2 Å². The molecule has 9 amide bonds. The Labute approximate surface area is 584 Å². The molecule has 101 heavy (non-hydrogen) atoms. The Morgan fingerprint density at radius 3 is 2.10 bits per heavy atom. The molecule has 6 rings (SSSR count). The zero-order valence-electron chi connectivity index (χ0n) is 55.3. The molecule has 27 N–H and O–H groups in total. The van der Waals surface area contributed by atoms with Crippen LogP contribution in [0.5, 0.6) is 0 Å². The second kappa shape index (κ2) is 39.3. The summed E-state index contributed by atoms with van der Waals surface area (Å²) in [5.74, 6) is -8.80. The number of carbonyl (C=O) groups is 9. The van der Waals surface area contributed by atoms with Gasteiger partial charge in [-0.1, -0.05) is 6.92 Å². The molecule has 0 radical (unpaired) electrons. The van der Waals surface area contributed by atoms with Gasteiger partial charge in [0.05, 0.1) is 72.7 Å². The van der Waals surface area contributed by atoms with E-state index in [1.807, 2.05) is 0 Å². The highest BCUT2D eigenvalue weighted by Crippen LogP contribution is 2.35. The lowest BCUT2D eigenvalue weighted by molar-refractivity contribution is -0.372. The van der Waals surface area contributed by atoms with Crippen LogP contribution in [-0.4, -0.2) is 275 Å². The monoisotopic (exact) mass is 1470 g/mol. The van der Waals surface area contributed by atoms with E-state index in [-0.39, 0.29) is 54.0 Å². The summed E-state index contributed by atoms with van der Waals surface area (Å²) < 4.78 is 28.7. The Kier molecular flexibility index (Phi) is 31.8. The number of H-pyrrole nitrogens is 1. The molecule has 2 aliphatic rings. The maximum absolute atomic E-state index is 15.2. The number of aliphatic hydroxyl groups excluding tert-OH is 8. The first-order chi connectivity index (χ1) is 48.0. The number of ether oxygens (including phenoxy) is 5. The molecule has 6 heterocycles. The van der Waals surface area contributed by atoms with Gasteiger partial charge in [-0.05, 0) is 53.1 Å². The highest BCUT2D eigenvalue weighted by Gasteiger charge is 2.54. The molecule has 4 aromatic heterocycles. The van der Waals surface area contributed by atoms with Gasteiger partial charge in [-0.2, -0.15) is 0 Å². The van der Waals surface area contributed by atoms with Gasteiger partial charge in [0.2, 0.25) is 35.9 Å². The molecular weight excluding hydrogens is 1380 g/mol. The first-order valence-electron chi connectivity index (χ1n) is 31.8. The zero-order chi connectivity index (χ0) is 74.4. The van der Waals surface area contributed by atoms with Crippen LogP contribution in [0.1, 0.15) is 102 Å². The molecule has 0 unspecified atom stereocenters. The number of nitrogen functional groups attached to an aromatic ring is 1. The Morgan fingerprint density at radius 2 is 1.45 bits per heavy atom. The van der Waals surface area contributed by atoms with Crippen LogP contribution in [0.3, 0.4) is 0 Å². The van der Waals surface area contributed by atoms with Crippen LogP contribution >= 0.6 is 22.7 Å². The molecule has 2 saturated heterocycles. The van der Waals surface area contributed by atoms with Gasteiger partial charge in [0.15, 0.2) is 18.7 Å². The number of unbranched alkanes of at least 4 members (excludes halogenated alkanes) is 1. The predicted molar refractivity (Wildman–Crippen MR) is 351 cm³/mol. The maximum atomic E-state index is 15.2. The number of amides is 9. The first-order valence-corrected chi connectivity index (χ1v) is 33.6. The van der Waals surface area contributed by atoms with Crippen LogP contribution < -0.4 is 71.2 Å². The number of anilines is 1. The highest BCUT2D eigenvalue weighted by atomic mass is 32.1. The lowest BCUT2D eigenvalue weighted by atomic mass is 9.96. The van der Waals surface area contributed by atoms with Gasteiger partial charge in [0.25, 0.3) is 11.8 Å².